The van der Waals surface area contributed by atoms with E-state index in [9.17, 15) is 4.79 Å². The zero-order valence-electron chi connectivity index (χ0n) is 7.61. The molecule has 1 aliphatic rings. The Balaban J connectivity index is 0.000000461. The molecule has 0 aromatic carbocycles. The summed E-state index contributed by atoms with van der Waals surface area (Å²) in [6, 6.07) is 0. The van der Waals surface area contributed by atoms with Gasteiger partial charge in [-0.25, -0.2) is 0 Å². The van der Waals surface area contributed by atoms with Crippen molar-refractivity contribution < 1.29 is 4.79 Å². The summed E-state index contributed by atoms with van der Waals surface area (Å²) in [6.07, 6.45) is 0.986. The van der Waals surface area contributed by atoms with E-state index in [-0.39, 0.29) is 11.8 Å². The molecule has 3 nitrogen and oxygen atoms in total. The normalized spacial score (nSPS) is 21.9. The molecule has 0 aromatic heterocycles. The van der Waals surface area contributed by atoms with Crippen molar-refractivity contribution in [1.29, 1.82) is 0 Å². The summed E-state index contributed by atoms with van der Waals surface area (Å²) in [4.78, 5) is 10.9. The molecular weight excluding hydrogens is 140 g/mol. The molecule has 1 heterocycles. The van der Waals surface area contributed by atoms with Crippen LogP contribution in [0, 0.1) is 5.92 Å². The molecule has 1 aliphatic heterocycles. The van der Waals surface area contributed by atoms with Crippen LogP contribution in [0.4, 0.5) is 0 Å². The fourth-order valence-corrected chi connectivity index (χ4v) is 1.08. The minimum atomic E-state index is 0.167. The number of nitrogens with one attached hydrogen (secondary N) is 2. The Bertz CT molecular complexity index is 109. The summed E-state index contributed by atoms with van der Waals surface area (Å²) in [5, 5.41) is 5.75. The van der Waals surface area contributed by atoms with E-state index in [4.69, 9.17) is 0 Å². The van der Waals surface area contributed by atoms with Crippen LogP contribution in [0.3, 0.4) is 0 Å². The quantitative estimate of drug-likeness (QED) is 0.579. The molecule has 3 heteroatoms. The second-order valence-corrected chi connectivity index (χ2v) is 2.30. The third-order valence-corrected chi connectivity index (χ3v) is 1.68. The van der Waals surface area contributed by atoms with Crippen molar-refractivity contribution in [3.63, 3.8) is 0 Å². The van der Waals surface area contributed by atoms with Crippen molar-refractivity contribution in [1.82, 2.24) is 10.6 Å². The van der Waals surface area contributed by atoms with Crippen molar-refractivity contribution in [2.24, 2.45) is 5.92 Å². The molecule has 66 valence electrons. The van der Waals surface area contributed by atoms with Gasteiger partial charge in [0.2, 0.25) is 5.91 Å². The van der Waals surface area contributed by atoms with E-state index in [0.717, 1.165) is 19.5 Å². The minimum Gasteiger partial charge on any atom is -0.359 e. The van der Waals surface area contributed by atoms with Crippen LogP contribution in [0.25, 0.3) is 0 Å². The molecule has 1 atom stereocenters. The van der Waals surface area contributed by atoms with E-state index >= 15 is 0 Å². The molecule has 11 heavy (non-hydrogen) atoms. The lowest BCUT2D eigenvalue weighted by Crippen LogP contribution is -2.28. The second kappa shape index (κ2) is 6.16. The first-order valence-electron chi connectivity index (χ1n) is 4.27. The van der Waals surface area contributed by atoms with Gasteiger partial charge in [-0.05, 0) is 13.0 Å². The van der Waals surface area contributed by atoms with Gasteiger partial charge in [-0.15, -0.1) is 0 Å². The van der Waals surface area contributed by atoms with E-state index in [0.29, 0.717) is 0 Å². The van der Waals surface area contributed by atoms with Gasteiger partial charge in [0.1, 0.15) is 0 Å². The second-order valence-electron chi connectivity index (χ2n) is 2.30. The molecule has 0 aromatic rings. The summed E-state index contributed by atoms with van der Waals surface area (Å²) < 4.78 is 0. The Morgan fingerprint density at radius 2 is 2.18 bits per heavy atom. The monoisotopic (exact) mass is 158 g/mol. The van der Waals surface area contributed by atoms with Crippen LogP contribution in [0.2, 0.25) is 0 Å². The van der Waals surface area contributed by atoms with E-state index in [1.807, 2.05) is 13.8 Å². The summed E-state index contributed by atoms with van der Waals surface area (Å²) in [5.74, 6) is 0.384. The van der Waals surface area contributed by atoms with Gasteiger partial charge in [0.25, 0.3) is 0 Å². The molecule has 1 saturated heterocycles. The molecule has 1 rings (SSSR count). The highest BCUT2D eigenvalue weighted by molar-refractivity contribution is 5.78. The van der Waals surface area contributed by atoms with Crippen LogP contribution in [0.15, 0.2) is 0 Å². The standard InChI is InChI=1S/C6H12N2O.C2H6/c1-7-6(9)5-2-3-8-4-5;1-2/h5,8H,2-4H2,1H3,(H,7,9);1-2H3. The Labute approximate surface area is 68.6 Å². The molecule has 2 N–H and O–H groups in total. The van der Waals surface area contributed by atoms with Gasteiger partial charge in [-0.1, -0.05) is 13.8 Å². The van der Waals surface area contributed by atoms with Gasteiger partial charge in [0, 0.05) is 13.6 Å². The smallest absolute Gasteiger partial charge is 0.224 e. The zero-order valence-corrected chi connectivity index (χ0v) is 7.61. The number of amides is 1. The third kappa shape index (κ3) is 3.37. The van der Waals surface area contributed by atoms with Crippen molar-refractivity contribution in [3.8, 4) is 0 Å². The summed E-state index contributed by atoms with van der Waals surface area (Å²) in [7, 11) is 1.68. The maximum Gasteiger partial charge on any atom is 0.224 e. The van der Waals surface area contributed by atoms with Crippen LogP contribution in [-0.2, 0) is 4.79 Å². The van der Waals surface area contributed by atoms with Gasteiger partial charge in [-0.2, -0.15) is 0 Å². The number of carbonyl (C=O) groups is 1. The Hall–Kier alpha value is -0.570. The molecule has 0 radical (unpaired) electrons. The predicted octanol–water partition coefficient (Wildman–Crippen LogP) is 0.368. The van der Waals surface area contributed by atoms with Gasteiger partial charge in [-0.3, -0.25) is 4.79 Å². The summed E-state index contributed by atoms with van der Waals surface area (Å²) in [5.41, 5.74) is 0. The highest BCUT2D eigenvalue weighted by Crippen LogP contribution is 2.05. The first-order valence-corrected chi connectivity index (χ1v) is 4.27. The zero-order chi connectivity index (χ0) is 8.69. The molecular formula is C8H18N2O. The maximum atomic E-state index is 10.9. The molecule has 1 unspecified atom stereocenters. The van der Waals surface area contributed by atoms with Gasteiger partial charge in [0.15, 0.2) is 0 Å². The Morgan fingerprint density at radius 3 is 2.55 bits per heavy atom. The van der Waals surface area contributed by atoms with Crippen molar-refractivity contribution in [3.05, 3.63) is 0 Å². The largest absolute Gasteiger partial charge is 0.359 e. The molecule has 0 saturated carbocycles. The number of carbonyl (C=O) groups excluding carboxylic acids is 1. The molecule has 1 amide bonds. The molecule has 0 spiro atoms. The van der Waals surface area contributed by atoms with Gasteiger partial charge in [0.05, 0.1) is 5.92 Å². The Kier molecular flexibility index (Phi) is 5.84. The molecule has 0 aliphatic carbocycles. The average Bonchev–Trinajstić information content (AvgIpc) is 2.59. The first kappa shape index (κ1) is 10.4. The van der Waals surface area contributed by atoms with Crippen LogP contribution < -0.4 is 10.6 Å². The van der Waals surface area contributed by atoms with E-state index in [1.165, 1.54) is 0 Å². The van der Waals surface area contributed by atoms with Crippen LogP contribution in [0.1, 0.15) is 20.3 Å². The van der Waals surface area contributed by atoms with E-state index < -0.39 is 0 Å². The molecule has 1 fully saturated rings. The van der Waals surface area contributed by atoms with Crippen LogP contribution >= 0.6 is 0 Å². The van der Waals surface area contributed by atoms with Crippen molar-refractivity contribution in [2.75, 3.05) is 20.1 Å². The van der Waals surface area contributed by atoms with Gasteiger partial charge < -0.3 is 10.6 Å². The topological polar surface area (TPSA) is 41.1 Å². The lowest BCUT2D eigenvalue weighted by Gasteiger charge is -2.03. The summed E-state index contributed by atoms with van der Waals surface area (Å²) in [6.45, 7) is 5.83. The highest BCUT2D eigenvalue weighted by atomic mass is 16.1. The number of rotatable bonds is 1. The van der Waals surface area contributed by atoms with Crippen LogP contribution in [0.5, 0.6) is 0 Å². The fourth-order valence-electron chi connectivity index (χ4n) is 1.08. The lowest BCUT2D eigenvalue weighted by atomic mass is 10.1. The predicted molar refractivity (Wildman–Crippen MR) is 46.4 cm³/mol. The lowest BCUT2D eigenvalue weighted by molar-refractivity contribution is -0.123. The first-order chi connectivity index (χ1) is 5.34. The number of hydrogen-bond donors (Lipinski definition) is 2. The van der Waals surface area contributed by atoms with Crippen molar-refractivity contribution >= 4 is 5.91 Å². The molecule has 0 bridgehead atoms. The third-order valence-electron chi connectivity index (χ3n) is 1.68. The average molecular weight is 158 g/mol. The van der Waals surface area contributed by atoms with E-state index in [1.54, 1.807) is 7.05 Å². The SMILES string of the molecule is CC.CNC(=O)C1CCNC1. The Morgan fingerprint density at radius 1 is 1.55 bits per heavy atom. The minimum absolute atomic E-state index is 0.167. The summed E-state index contributed by atoms with van der Waals surface area (Å²) >= 11 is 0. The maximum absolute atomic E-state index is 10.9. The van der Waals surface area contributed by atoms with Crippen LogP contribution in [-0.4, -0.2) is 26.0 Å². The highest BCUT2D eigenvalue weighted by Gasteiger charge is 2.20. The fraction of sp³-hybridized carbons (Fsp3) is 0.875. The number of hydrogen-bond acceptors (Lipinski definition) is 2. The van der Waals surface area contributed by atoms with Gasteiger partial charge >= 0.3 is 0 Å². The van der Waals surface area contributed by atoms with E-state index in [2.05, 4.69) is 10.6 Å². The van der Waals surface area contributed by atoms with Crippen molar-refractivity contribution in [2.45, 2.75) is 20.3 Å².